The molecular formula is C16H29N. The van der Waals surface area contributed by atoms with E-state index in [1.807, 2.05) is 0 Å². The summed E-state index contributed by atoms with van der Waals surface area (Å²) in [5.41, 5.74) is 1.60. The van der Waals surface area contributed by atoms with Crippen molar-refractivity contribution in [3.05, 3.63) is 11.6 Å². The SMILES string of the molecule is CC1=CC(C)CC(CNC2CCCC(C)C2)C1. The highest BCUT2D eigenvalue weighted by Gasteiger charge is 2.22. The lowest BCUT2D eigenvalue weighted by atomic mass is 9.82. The number of allylic oxidation sites excluding steroid dienone is 2. The van der Waals surface area contributed by atoms with E-state index in [9.17, 15) is 0 Å². The molecule has 4 atom stereocenters. The Morgan fingerprint density at radius 2 is 2.06 bits per heavy atom. The van der Waals surface area contributed by atoms with Crippen LogP contribution < -0.4 is 5.32 Å². The third-order valence-electron chi connectivity index (χ3n) is 4.52. The predicted octanol–water partition coefficient (Wildman–Crippen LogP) is 4.15. The second kappa shape index (κ2) is 6.04. The second-order valence-corrected chi connectivity index (χ2v) is 6.67. The maximum absolute atomic E-state index is 3.84. The summed E-state index contributed by atoms with van der Waals surface area (Å²) in [7, 11) is 0. The van der Waals surface area contributed by atoms with Gasteiger partial charge in [-0.05, 0) is 56.9 Å². The largest absolute Gasteiger partial charge is 0.314 e. The molecule has 0 aliphatic heterocycles. The van der Waals surface area contributed by atoms with Crippen LogP contribution in [-0.2, 0) is 0 Å². The molecule has 0 heterocycles. The molecule has 4 unspecified atom stereocenters. The Bertz CT molecular complexity index is 269. The quantitative estimate of drug-likeness (QED) is 0.725. The summed E-state index contributed by atoms with van der Waals surface area (Å²) in [5, 5.41) is 3.84. The zero-order valence-corrected chi connectivity index (χ0v) is 11.8. The normalized spacial score (nSPS) is 38.9. The Balaban J connectivity index is 1.73. The van der Waals surface area contributed by atoms with E-state index in [1.54, 1.807) is 5.57 Å². The standard InChI is InChI=1S/C16H29N/c1-12-5-4-6-16(10-12)17-11-15-8-13(2)7-14(3)9-15/h7,12-13,15-17H,4-6,8-11H2,1-3H3. The lowest BCUT2D eigenvalue weighted by molar-refractivity contribution is 0.277. The van der Waals surface area contributed by atoms with Crippen molar-refractivity contribution < 1.29 is 0 Å². The maximum atomic E-state index is 3.84. The lowest BCUT2D eigenvalue weighted by Crippen LogP contribution is -2.37. The molecule has 1 nitrogen and oxygen atoms in total. The van der Waals surface area contributed by atoms with Crippen LogP contribution in [0.4, 0.5) is 0 Å². The van der Waals surface area contributed by atoms with Crippen LogP contribution in [0.15, 0.2) is 11.6 Å². The van der Waals surface area contributed by atoms with Crippen molar-refractivity contribution in [2.24, 2.45) is 17.8 Å². The fourth-order valence-electron chi connectivity index (χ4n) is 3.79. The second-order valence-electron chi connectivity index (χ2n) is 6.67. The van der Waals surface area contributed by atoms with Crippen LogP contribution in [0.5, 0.6) is 0 Å². The molecule has 1 N–H and O–H groups in total. The molecule has 0 amide bonds. The molecule has 2 rings (SSSR count). The van der Waals surface area contributed by atoms with Gasteiger partial charge >= 0.3 is 0 Å². The summed E-state index contributed by atoms with van der Waals surface area (Å²) in [4.78, 5) is 0. The van der Waals surface area contributed by atoms with Gasteiger partial charge in [-0.25, -0.2) is 0 Å². The van der Waals surface area contributed by atoms with Gasteiger partial charge in [0.1, 0.15) is 0 Å². The van der Waals surface area contributed by atoms with E-state index in [2.05, 4.69) is 32.2 Å². The van der Waals surface area contributed by atoms with Gasteiger partial charge in [0, 0.05) is 6.04 Å². The van der Waals surface area contributed by atoms with Crippen molar-refractivity contribution in [3.63, 3.8) is 0 Å². The van der Waals surface area contributed by atoms with Crippen molar-refractivity contribution in [1.29, 1.82) is 0 Å². The molecule has 98 valence electrons. The van der Waals surface area contributed by atoms with E-state index in [4.69, 9.17) is 0 Å². The summed E-state index contributed by atoms with van der Waals surface area (Å²) in [5.74, 6) is 2.61. The van der Waals surface area contributed by atoms with Gasteiger partial charge in [-0.3, -0.25) is 0 Å². The Morgan fingerprint density at radius 1 is 1.24 bits per heavy atom. The number of nitrogens with one attached hydrogen (secondary N) is 1. The van der Waals surface area contributed by atoms with Crippen molar-refractivity contribution in [2.75, 3.05) is 6.54 Å². The van der Waals surface area contributed by atoms with E-state index < -0.39 is 0 Å². The van der Waals surface area contributed by atoms with Gasteiger partial charge in [-0.15, -0.1) is 0 Å². The number of hydrogen-bond acceptors (Lipinski definition) is 1. The molecule has 0 spiro atoms. The fourth-order valence-corrected chi connectivity index (χ4v) is 3.79. The van der Waals surface area contributed by atoms with Crippen molar-refractivity contribution in [1.82, 2.24) is 5.32 Å². The minimum absolute atomic E-state index is 0.792. The van der Waals surface area contributed by atoms with Crippen molar-refractivity contribution in [3.8, 4) is 0 Å². The van der Waals surface area contributed by atoms with Gasteiger partial charge in [-0.2, -0.15) is 0 Å². The molecule has 0 bridgehead atoms. The van der Waals surface area contributed by atoms with Crippen LogP contribution in [0.3, 0.4) is 0 Å². The van der Waals surface area contributed by atoms with E-state index in [0.717, 1.165) is 23.8 Å². The molecule has 0 aromatic heterocycles. The molecule has 0 saturated heterocycles. The van der Waals surface area contributed by atoms with E-state index in [-0.39, 0.29) is 0 Å². The molecular weight excluding hydrogens is 206 g/mol. The molecule has 2 aliphatic rings. The summed E-state index contributed by atoms with van der Waals surface area (Å²) in [6, 6.07) is 0.806. The average molecular weight is 235 g/mol. The summed E-state index contributed by atoms with van der Waals surface area (Å²) < 4.78 is 0. The van der Waals surface area contributed by atoms with Crippen LogP contribution in [-0.4, -0.2) is 12.6 Å². The third-order valence-corrected chi connectivity index (χ3v) is 4.52. The maximum Gasteiger partial charge on any atom is 0.00697 e. The molecule has 1 saturated carbocycles. The number of hydrogen-bond donors (Lipinski definition) is 1. The monoisotopic (exact) mass is 235 g/mol. The highest BCUT2D eigenvalue weighted by atomic mass is 14.9. The molecule has 1 heteroatoms. The first kappa shape index (κ1) is 13.1. The van der Waals surface area contributed by atoms with Gasteiger partial charge in [0.15, 0.2) is 0 Å². The Labute approximate surface area is 107 Å². The summed E-state index contributed by atoms with van der Waals surface area (Å²) >= 11 is 0. The fraction of sp³-hybridized carbons (Fsp3) is 0.875. The van der Waals surface area contributed by atoms with Gasteiger partial charge < -0.3 is 5.32 Å². The first-order valence-electron chi connectivity index (χ1n) is 7.54. The predicted molar refractivity (Wildman–Crippen MR) is 75.1 cm³/mol. The van der Waals surface area contributed by atoms with Crippen LogP contribution >= 0.6 is 0 Å². The first-order chi connectivity index (χ1) is 8.13. The van der Waals surface area contributed by atoms with Crippen LogP contribution in [0.2, 0.25) is 0 Å². The zero-order chi connectivity index (χ0) is 12.3. The molecule has 17 heavy (non-hydrogen) atoms. The highest BCUT2D eigenvalue weighted by Crippen LogP contribution is 2.28. The summed E-state index contributed by atoms with van der Waals surface area (Å²) in [6.07, 6.45) is 10.8. The Morgan fingerprint density at radius 3 is 2.76 bits per heavy atom. The topological polar surface area (TPSA) is 12.0 Å². The molecule has 0 radical (unpaired) electrons. The van der Waals surface area contributed by atoms with Crippen molar-refractivity contribution >= 4 is 0 Å². The van der Waals surface area contributed by atoms with Gasteiger partial charge in [0.2, 0.25) is 0 Å². The Kier molecular flexibility index (Phi) is 4.67. The molecule has 1 fully saturated rings. The van der Waals surface area contributed by atoms with Crippen molar-refractivity contribution in [2.45, 2.75) is 65.3 Å². The molecule has 2 aliphatic carbocycles. The highest BCUT2D eigenvalue weighted by molar-refractivity contribution is 5.06. The van der Waals surface area contributed by atoms with E-state index >= 15 is 0 Å². The van der Waals surface area contributed by atoms with Gasteiger partial charge in [-0.1, -0.05) is 38.3 Å². The lowest BCUT2D eigenvalue weighted by Gasteiger charge is -2.31. The van der Waals surface area contributed by atoms with Gasteiger partial charge in [0.25, 0.3) is 0 Å². The van der Waals surface area contributed by atoms with Gasteiger partial charge in [0.05, 0.1) is 0 Å². The Hall–Kier alpha value is -0.300. The van der Waals surface area contributed by atoms with Crippen LogP contribution in [0.25, 0.3) is 0 Å². The van der Waals surface area contributed by atoms with E-state index in [0.29, 0.717) is 0 Å². The minimum Gasteiger partial charge on any atom is -0.314 e. The zero-order valence-electron chi connectivity index (χ0n) is 11.8. The van der Waals surface area contributed by atoms with Crippen LogP contribution in [0, 0.1) is 17.8 Å². The smallest absolute Gasteiger partial charge is 0.00697 e. The molecule has 0 aromatic carbocycles. The minimum atomic E-state index is 0.792. The average Bonchev–Trinajstić information content (AvgIpc) is 2.25. The van der Waals surface area contributed by atoms with E-state index in [1.165, 1.54) is 45.1 Å². The first-order valence-corrected chi connectivity index (χ1v) is 7.54. The third kappa shape index (κ3) is 4.13. The molecule has 0 aromatic rings. The number of rotatable bonds is 3. The van der Waals surface area contributed by atoms with Crippen LogP contribution in [0.1, 0.15) is 59.3 Å². The summed E-state index contributed by atoms with van der Waals surface area (Å²) in [6.45, 7) is 8.31.